The van der Waals surface area contributed by atoms with E-state index in [4.69, 9.17) is 5.73 Å². The molecule has 2 N–H and O–H groups in total. The third-order valence-corrected chi connectivity index (χ3v) is 3.47. The van der Waals surface area contributed by atoms with Crippen LogP contribution in [0.2, 0.25) is 0 Å². The lowest BCUT2D eigenvalue weighted by molar-refractivity contribution is 0.838. The van der Waals surface area contributed by atoms with E-state index < -0.39 is 0 Å². The summed E-state index contributed by atoms with van der Waals surface area (Å²) >= 11 is 1.77. The molecule has 1 heterocycles. The van der Waals surface area contributed by atoms with Crippen LogP contribution in [0.25, 0.3) is 10.4 Å². The summed E-state index contributed by atoms with van der Waals surface area (Å²) in [6.07, 6.45) is 0. The molecular weight excluding hydrogens is 190 g/mol. The average Bonchev–Trinajstić information content (AvgIpc) is 2.68. The van der Waals surface area contributed by atoms with E-state index in [1.165, 1.54) is 15.3 Å². The smallest absolute Gasteiger partial charge is 0.0361 e. The number of hydrogen-bond acceptors (Lipinski definition) is 2. The SMILES string of the molecule is C[C@H](N)c1ccc(-c2ccccc2)s1. The van der Waals surface area contributed by atoms with Crippen molar-refractivity contribution in [2.75, 3.05) is 0 Å². The second-order valence-corrected chi connectivity index (χ2v) is 4.47. The van der Waals surface area contributed by atoms with Gasteiger partial charge in [0.15, 0.2) is 0 Å². The zero-order chi connectivity index (χ0) is 9.97. The van der Waals surface area contributed by atoms with E-state index in [9.17, 15) is 0 Å². The molecule has 0 unspecified atom stereocenters. The number of rotatable bonds is 2. The van der Waals surface area contributed by atoms with Gasteiger partial charge >= 0.3 is 0 Å². The molecule has 14 heavy (non-hydrogen) atoms. The molecular formula is C12H13NS. The summed E-state index contributed by atoms with van der Waals surface area (Å²) < 4.78 is 0. The van der Waals surface area contributed by atoms with Gasteiger partial charge in [0.25, 0.3) is 0 Å². The standard InChI is InChI=1S/C12H13NS/c1-9(13)11-7-8-12(14-11)10-5-3-2-4-6-10/h2-9H,13H2,1H3/t9-/m0/s1. The summed E-state index contributed by atoms with van der Waals surface area (Å²) in [6, 6.07) is 14.8. The second-order valence-electron chi connectivity index (χ2n) is 3.36. The molecule has 2 aromatic rings. The minimum absolute atomic E-state index is 0.137. The zero-order valence-electron chi connectivity index (χ0n) is 8.10. The van der Waals surface area contributed by atoms with Gasteiger partial charge < -0.3 is 5.73 Å². The molecule has 0 bridgehead atoms. The fraction of sp³-hybridized carbons (Fsp3) is 0.167. The van der Waals surface area contributed by atoms with Crippen molar-refractivity contribution >= 4 is 11.3 Å². The topological polar surface area (TPSA) is 26.0 Å². The van der Waals surface area contributed by atoms with E-state index in [0.717, 1.165) is 0 Å². The van der Waals surface area contributed by atoms with E-state index in [0.29, 0.717) is 0 Å². The molecule has 1 nitrogen and oxygen atoms in total. The van der Waals surface area contributed by atoms with Gasteiger partial charge in [-0.2, -0.15) is 0 Å². The van der Waals surface area contributed by atoms with Crippen LogP contribution in [-0.2, 0) is 0 Å². The van der Waals surface area contributed by atoms with Crippen molar-refractivity contribution in [2.24, 2.45) is 5.73 Å². The van der Waals surface area contributed by atoms with Crippen LogP contribution in [0.3, 0.4) is 0 Å². The van der Waals surface area contributed by atoms with Crippen LogP contribution in [0.5, 0.6) is 0 Å². The fourth-order valence-electron chi connectivity index (χ4n) is 1.36. The molecule has 2 heteroatoms. The molecule has 1 aromatic carbocycles. The molecule has 2 rings (SSSR count). The minimum atomic E-state index is 0.137. The van der Waals surface area contributed by atoms with Crippen LogP contribution in [0.4, 0.5) is 0 Å². The highest BCUT2D eigenvalue weighted by atomic mass is 32.1. The lowest BCUT2D eigenvalue weighted by atomic mass is 10.2. The zero-order valence-corrected chi connectivity index (χ0v) is 8.92. The molecule has 1 aromatic heterocycles. The Morgan fingerprint density at radius 1 is 1.07 bits per heavy atom. The second kappa shape index (κ2) is 3.95. The van der Waals surface area contributed by atoms with Crippen LogP contribution in [0.15, 0.2) is 42.5 Å². The van der Waals surface area contributed by atoms with Crippen molar-refractivity contribution in [2.45, 2.75) is 13.0 Å². The maximum atomic E-state index is 5.82. The number of nitrogens with two attached hydrogens (primary N) is 1. The maximum Gasteiger partial charge on any atom is 0.0361 e. The summed E-state index contributed by atoms with van der Waals surface area (Å²) in [7, 11) is 0. The Labute approximate surface area is 88.2 Å². The maximum absolute atomic E-state index is 5.82. The van der Waals surface area contributed by atoms with Gasteiger partial charge in [0.2, 0.25) is 0 Å². The van der Waals surface area contributed by atoms with E-state index in [1.807, 2.05) is 13.0 Å². The van der Waals surface area contributed by atoms with Gasteiger partial charge in [-0.15, -0.1) is 11.3 Å². The van der Waals surface area contributed by atoms with Crippen molar-refractivity contribution in [3.8, 4) is 10.4 Å². The molecule has 0 saturated heterocycles. The fourth-order valence-corrected chi connectivity index (χ4v) is 2.32. The molecule has 0 amide bonds. The molecule has 0 spiro atoms. The molecule has 0 aliphatic heterocycles. The van der Waals surface area contributed by atoms with E-state index in [2.05, 4.69) is 36.4 Å². The first-order valence-electron chi connectivity index (χ1n) is 4.68. The minimum Gasteiger partial charge on any atom is -0.324 e. The van der Waals surface area contributed by atoms with Crippen LogP contribution < -0.4 is 5.73 Å². The number of thiophene rings is 1. The molecule has 0 saturated carbocycles. The Hall–Kier alpha value is -1.12. The number of hydrogen-bond donors (Lipinski definition) is 1. The molecule has 0 fully saturated rings. The van der Waals surface area contributed by atoms with Gasteiger partial charge in [-0.1, -0.05) is 30.3 Å². The third-order valence-electron chi connectivity index (χ3n) is 2.13. The van der Waals surface area contributed by atoms with Crippen LogP contribution in [0.1, 0.15) is 17.8 Å². The van der Waals surface area contributed by atoms with Crippen molar-refractivity contribution in [1.29, 1.82) is 0 Å². The van der Waals surface area contributed by atoms with Gasteiger partial charge in [-0.3, -0.25) is 0 Å². The highest BCUT2D eigenvalue weighted by Crippen LogP contribution is 2.30. The van der Waals surface area contributed by atoms with Crippen molar-refractivity contribution in [1.82, 2.24) is 0 Å². The normalized spacial score (nSPS) is 12.7. The van der Waals surface area contributed by atoms with Crippen LogP contribution in [0, 0.1) is 0 Å². The van der Waals surface area contributed by atoms with Crippen molar-refractivity contribution in [3.05, 3.63) is 47.3 Å². The lowest BCUT2D eigenvalue weighted by Gasteiger charge is -1.99. The summed E-state index contributed by atoms with van der Waals surface area (Å²) in [5.74, 6) is 0. The van der Waals surface area contributed by atoms with Crippen molar-refractivity contribution < 1.29 is 0 Å². The van der Waals surface area contributed by atoms with Gasteiger partial charge in [-0.05, 0) is 24.6 Å². The van der Waals surface area contributed by atoms with E-state index >= 15 is 0 Å². The first kappa shape index (κ1) is 9.44. The first-order valence-corrected chi connectivity index (χ1v) is 5.50. The molecule has 72 valence electrons. The Morgan fingerprint density at radius 3 is 2.36 bits per heavy atom. The molecule has 1 atom stereocenters. The van der Waals surface area contributed by atoms with Gasteiger partial charge in [-0.25, -0.2) is 0 Å². The Kier molecular flexibility index (Phi) is 2.66. The Morgan fingerprint density at radius 2 is 1.79 bits per heavy atom. The number of benzene rings is 1. The predicted molar refractivity (Wildman–Crippen MR) is 62.4 cm³/mol. The highest BCUT2D eigenvalue weighted by Gasteiger charge is 2.04. The predicted octanol–water partition coefficient (Wildman–Crippen LogP) is 3.43. The largest absolute Gasteiger partial charge is 0.324 e. The third kappa shape index (κ3) is 1.86. The quantitative estimate of drug-likeness (QED) is 0.795. The summed E-state index contributed by atoms with van der Waals surface area (Å²) in [6.45, 7) is 2.01. The van der Waals surface area contributed by atoms with Gasteiger partial charge in [0, 0.05) is 15.8 Å². The van der Waals surface area contributed by atoms with Gasteiger partial charge in [0.1, 0.15) is 0 Å². The Balaban J connectivity index is 2.34. The van der Waals surface area contributed by atoms with E-state index in [-0.39, 0.29) is 6.04 Å². The average molecular weight is 203 g/mol. The first-order chi connectivity index (χ1) is 6.77. The van der Waals surface area contributed by atoms with Gasteiger partial charge in [0.05, 0.1) is 0 Å². The molecule has 0 aliphatic carbocycles. The highest BCUT2D eigenvalue weighted by molar-refractivity contribution is 7.15. The molecule has 0 radical (unpaired) electrons. The Bertz CT molecular complexity index is 403. The van der Waals surface area contributed by atoms with Crippen molar-refractivity contribution in [3.63, 3.8) is 0 Å². The summed E-state index contributed by atoms with van der Waals surface area (Å²) in [4.78, 5) is 2.53. The summed E-state index contributed by atoms with van der Waals surface area (Å²) in [5, 5.41) is 0. The van der Waals surface area contributed by atoms with E-state index in [1.54, 1.807) is 11.3 Å². The monoisotopic (exact) mass is 203 g/mol. The van der Waals surface area contributed by atoms with Crippen LogP contribution >= 0.6 is 11.3 Å². The molecule has 0 aliphatic rings. The summed E-state index contributed by atoms with van der Waals surface area (Å²) in [5.41, 5.74) is 7.08. The van der Waals surface area contributed by atoms with Crippen LogP contribution in [-0.4, -0.2) is 0 Å². The lowest BCUT2D eigenvalue weighted by Crippen LogP contribution is -2.01.